The average Bonchev–Trinajstić information content (AvgIpc) is 3.08. The summed E-state index contributed by atoms with van der Waals surface area (Å²) in [4.78, 5) is 0. The quantitative estimate of drug-likeness (QED) is 0.166. The second-order valence-corrected chi connectivity index (χ2v) is 10.9. The van der Waals surface area contributed by atoms with Crippen LogP contribution in [0, 0.1) is 0 Å². The predicted molar refractivity (Wildman–Crippen MR) is 175 cm³/mol. The Bertz CT molecular complexity index is 1490. The standard InChI is InChI=1S/C40H36N2O/c41-39(35-27-15-5-16-28-35,37(31-19-7-1-8-20-31)32-21-9-2-10-22-32)43-40(42,36-29-17-6-18-30-36)38(33-23-11-3-12-24-33)34-25-13-4-14-26-34/h1-30,37-38H,41-42H2. The van der Waals surface area contributed by atoms with Crippen LogP contribution >= 0.6 is 0 Å². The molecule has 0 aliphatic rings. The third-order valence-electron chi connectivity index (χ3n) is 8.18. The number of ether oxygens (including phenoxy) is 1. The van der Waals surface area contributed by atoms with Gasteiger partial charge in [-0.05, 0) is 33.4 Å². The molecule has 0 saturated heterocycles. The third kappa shape index (κ3) is 5.79. The van der Waals surface area contributed by atoms with E-state index < -0.39 is 11.4 Å². The first kappa shape index (κ1) is 28.3. The van der Waals surface area contributed by atoms with Crippen molar-refractivity contribution in [2.24, 2.45) is 11.5 Å². The summed E-state index contributed by atoms with van der Waals surface area (Å²) >= 11 is 0. The van der Waals surface area contributed by atoms with Gasteiger partial charge in [0, 0.05) is 0 Å². The molecule has 0 saturated carbocycles. The molecule has 0 aromatic heterocycles. The van der Waals surface area contributed by atoms with Gasteiger partial charge in [-0.15, -0.1) is 0 Å². The summed E-state index contributed by atoms with van der Waals surface area (Å²) in [5.74, 6) is -0.757. The molecule has 0 spiro atoms. The molecule has 0 radical (unpaired) electrons. The van der Waals surface area contributed by atoms with Crippen molar-refractivity contribution in [2.75, 3.05) is 0 Å². The van der Waals surface area contributed by atoms with E-state index in [0.717, 1.165) is 33.4 Å². The predicted octanol–water partition coefficient (Wildman–Crippen LogP) is 8.29. The second-order valence-electron chi connectivity index (χ2n) is 10.9. The SMILES string of the molecule is NC(OC(N)(c1ccccc1)C(c1ccccc1)c1ccccc1)(c1ccccc1)C(c1ccccc1)c1ccccc1. The van der Waals surface area contributed by atoms with Crippen molar-refractivity contribution in [3.63, 3.8) is 0 Å². The lowest BCUT2D eigenvalue weighted by Gasteiger charge is -2.48. The van der Waals surface area contributed by atoms with Crippen molar-refractivity contribution in [1.82, 2.24) is 0 Å². The van der Waals surface area contributed by atoms with Gasteiger partial charge in [0.25, 0.3) is 0 Å². The maximum absolute atomic E-state index is 7.74. The highest BCUT2D eigenvalue weighted by atomic mass is 16.5. The number of rotatable bonds is 10. The summed E-state index contributed by atoms with van der Waals surface area (Å²) in [6.07, 6.45) is 0. The average molecular weight is 561 g/mol. The van der Waals surface area contributed by atoms with Gasteiger partial charge in [-0.1, -0.05) is 182 Å². The maximum Gasteiger partial charge on any atom is 0.156 e. The summed E-state index contributed by atoms with van der Waals surface area (Å²) < 4.78 is 7.50. The van der Waals surface area contributed by atoms with E-state index in [1.54, 1.807) is 0 Å². The van der Waals surface area contributed by atoms with Crippen LogP contribution in [0.5, 0.6) is 0 Å². The minimum atomic E-state index is -1.38. The van der Waals surface area contributed by atoms with Gasteiger partial charge in [-0.3, -0.25) is 11.5 Å². The minimum absolute atomic E-state index is 0.379. The molecule has 6 aromatic carbocycles. The van der Waals surface area contributed by atoms with Crippen molar-refractivity contribution < 1.29 is 4.74 Å². The Morgan fingerprint density at radius 3 is 0.767 bits per heavy atom. The summed E-state index contributed by atoms with van der Waals surface area (Å²) in [6, 6.07) is 61.4. The molecule has 0 aliphatic heterocycles. The van der Waals surface area contributed by atoms with Gasteiger partial charge in [0.05, 0.1) is 11.8 Å². The molecule has 0 heterocycles. The number of hydrogen-bond acceptors (Lipinski definition) is 3. The Hall–Kier alpha value is -4.80. The zero-order valence-electron chi connectivity index (χ0n) is 24.0. The van der Waals surface area contributed by atoms with E-state index in [1.807, 2.05) is 133 Å². The Labute approximate surface area is 254 Å². The Morgan fingerprint density at radius 1 is 0.326 bits per heavy atom. The van der Waals surface area contributed by atoms with Crippen LogP contribution in [-0.4, -0.2) is 0 Å². The van der Waals surface area contributed by atoms with Crippen molar-refractivity contribution in [3.05, 3.63) is 215 Å². The van der Waals surface area contributed by atoms with E-state index in [1.165, 1.54) is 0 Å². The topological polar surface area (TPSA) is 61.3 Å². The van der Waals surface area contributed by atoms with Gasteiger partial charge in [-0.2, -0.15) is 0 Å². The van der Waals surface area contributed by atoms with Gasteiger partial charge in [0.15, 0.2) is 11.4 Å². The summed E-state index contributed by atoms with van der Waals surface area (Å²) in [5.41, 5.74) is 18.5. The smallest absolute Gasteiger partial charge is 0.156 e. The molecule has 3 heteroatoms. The zero-order chi connectivity index (χ0) is 29.5. The van der Waals surface area contributed by atoms with Gasteiger partial charge >= 0.3 is 0 Å². The largest absolute Gasteiger partial charge is 0.330 e. The molecule has 0 fully saturated rings. The molecule has 212 valence electrons. The molecule has 6 aromatic rings. The van der Waals surface area contributed by atoms with Gasteiger partial charge in [0.2, 0.25) is 0 Å². The monoisotopic (exact) mass is 560 g/mol. The first-order valence-electron chi connectivity index (χ1n) is 14.7. The molecule has 0 aliphatic carbocycles. The number of benzene rings is 6. The van der Waals surface area contributed by atoms with Gasteiger partial charge in [-0.25, -0.2) is 0 Å². The lowest BCUT2D eigenvalue weighted by atomic mass is 9.76. The lowest BCUT2D eigenvalue weighted by Crippen LogP contribution is -2.57. The van der Waals surface area contributed by atoms with E-state index in [2.05, 4.69) is 48.5 Å². The van der Waals surface area contributed by atoms with Gasteiger partial charge in [0.1, 0.15) is 0 Å². The maximum atomic E-state index is 7.74. The molecule has 0 bridgehead atoms. The third-order valence-corrected chi connectivity index (χ3v) is 8.18. The van der Waals surface area contributed by atoms with Crippen LogP contribution in [0.2, 0.25) is 0 Å². The van der Waals surface area contributed by atoms with E-state index in [-0.39, 0.29) is 11.8 Å². The van der Waals surface area contributed by atoms with Crippen molar-refractivity contribution in [3.8, 4) is 0 Å². The van der Waals surface area contributed by atoms with Crippen LogP contribution in [-0.2, 0) is 16.2 Å². The van der Waals surface area contributed by atoms with Crippen molar-refractivity contribution >= 4 is 0 Å². The first-order valence-corrected chi connectivity index (χ1v) is 14.7. The normalized spacial score (nSPS) is 14.2. The minimum Gasteiger partial charge on any atom is -0.330 e. The summed E-state index contributed by atoms with van der Waals surface area (Å²) in [5, 5.41) is 0. The number of nitrogens with two attached hydrogens (primary N) is 2. The second kappa shape index (κ2) is 12.6. The molecule has 43 heavy (non-hydrogen) atoms. The lowest BCUT2D eigenvalue weighted by molar-refractivity contribution is -0.180. The highest BCUT2D eigenvalue weighted by Crippen LogP contribution is 2.49. The molecule has 2 atom stereocenters. The fourth-order valence-electron chi connectivity index (χ4n) is 6.20. The van der Waals surface area contributed by atoms with Crippen molar-refractivity contribution in [1.29, 1.82) is 0 Å². The Balaban J connectivity index is 1.64. The molecule has 3 nitrogen and oxygen atoms in total. The van der Waals surface area contributed by atoms with Crippen molar-refractivity contribution in [2.45, 2.75) is 23.3 Å². The molecular weight excluding hydrogens is 524 g/mol. The fourth-order valence-corrected chi connectivity index (χ4v) is 6.20. The molecule has 4 N–H and O–H groups in total. The van der Waals surface area contributed by atoms with Crippen LogP contribution in [0.15, 0.2) is 182 Å². The van der Waals surface area contributed by atoms with Crippen LogP contribution < -0.4 is 11.5 Å². The van der Waals surface area contributed by atoms with Crippen LogP contribution in [0.1, 0.15) is 45.2 Å². The molecular formula is C40H36N2O. The van der Waals surface area contributed by atoms with E-state index >= 15 is 0 Å². The fraction of sp³-hybridized carbons (Fsp3) is 0.100. The molecule has 6 rings (SSSR count). The van der Waals surface area contributed by atoms with Crippen LogP contribution in [0.4, 0.5) is 0 Å². The van der Waals surface area contributed by atoms with E-state index in [9.17, 15) is 0 Å². The summed E-state index contributed by atoms with van der Waals surface area (Å²) in [6.45, 7) is 0. The van der Waals surface area contributed by atoms with E-state index in [4.69, 9.17) is 16.2 Å². The number of hydrogen-bond donors (Lipinski definition) is 2. The Morgan fingerprint density at radius 2 is 0.535 bits per heavy atom. The molecule has 0 amide bonds. The van der Waals surface area contributed by atoms with E-state index in [0.29, 0.717) is 0 Å². The summed E-state index contributed by atoms with van der Waals surface area (Å²) in [7, 11) is 0. The zero-order valence-corrected chi connectivity index (χ0v) is 24.0. The van der Waals surface area contributed by atoms with Gasteiger partial charge < -0.3 is 4.74 Å². The first-order chi connectivity index (χ1) is 21.1. The Kier molecular flexibility index (Phi) is 8.30. The molecule has 2 unspecified atom stereocenters. The highest BCUT2D eigenvalue weighted by Gasteiger charge is 2.50. The van der Waals surface area contributed by atoms with Crippen LogP contribution in [0.3, 0.4) is 0 Å². The highest BCUT2D eigenvalue weighted by molar-refractivity contribution is 5.43. The van der Waals surface area contributed by atoms with Crippen LogP contribution in [0.25, 0.3) is 0 Å².